The predicted octanol–water partition coefficient (Wildman–Crippen LogP) is 5.85. The third-order valence-electron chi connectivity index (χ3n) is 8.81. The van der Waals surface area contributed by atoms with Crippen molar-refractivity contribution in [1.82, 2.24) is 15.2 Å². The van der Waals surface area contributed by atoms with Gasteiger partial charge in [-0.3, -0.25) is 18.2 Å². The first-order valence-electron chi connectivity index (χ1n) is 15.5. The summed E-state index contributed by atoms with van der Waals surface area (Å²) in [5.41, 5.74) is 4.53. The topological polar surface area (TPSA) is 119 Å². The van der Waals surface area contributed by atoms with Gasteiger partial charge in [-0.05, 0) is 74.1 Å². The summed E-state index contributed by atoms with van der Waals surface area (Å²) in [7, 11) is 0.598. The highest BCUT2D eigenvalue weighted by Crippen LogP contribution is 2.53. The van der Waals surface area contributed by atoms with E-state index in [9.17, 15) is 19.0 Å². The number of amides is 1. The molecule has 45 heavy (non-hydrogen) atoms. The Morgan fingerprint density at radius 1 is 1.09 bits per heavy atom. The van der Waals surface area contributed by atoms with Crippen LogP contribution in [0.25, 0.3) is 10.9 Å². The lowest BCUT2D eigenvalue weighted by Gasteiger charge is -2.38. The molecule has 10 heteroatoms. The highest BCUT2D eigenvalue weighted by Gasteiger charge is 2.33. The normalized spacial score (nSPS) is 16.8. The summed E-state index contributed by atoms with van der Waals surface area (Å²) in [5, 5.41) is 19.1. The van der Waals surface area contributed by atoms with E-state index in [1.54, 1.807) is 17.5 Å². The highest BCUT2D eigenvalue weighted by atomic mass is 32.3. The number of fused-ring (bicyclic) bond motifs is 1. The van der Waals surface area contributed by atoms with Gasteiger partial charge in [0.05, 0.1) is 36.2 Å². The molecule has 9 nitrogen and oxygen atoms in total. The zero-order valence-electron chi connectivity index (χ0n) is 26.8. The molecule has 0 bridgehead atoms. The summed E-state index contributed by atoms with van der Waals surface area (Å²) in [4.78, 5) is 14.0. The van der Waals surface area contributed by atoms with Crippen molar-refractivity contribution < 1.29 is 23.7 Å². The Balaban J connectivity index is 1.44. The largest absolute Gasteiger partial charge is 0.497 e. The van der Waals surface area contributed by atoms with E-state index in [0.29, 0.717) is 36.4 Å². The van der Waals surface area contributed by atoms with Crippen LogP contribution in [-0.4, -0.2) is 62.8 Å². The van der Waals surface area contributed by atoms with Gasteiger partial charge in [0.15, 0.2) is 0 Å². The number of methoxy groups -OCH3 is 1. The number of anilines is 1. The summed E-state index contributed by atoms with van der Waals surface area (Å²) < 4.78 is 30.8. The molecular weight excluding hydrogens is 588 g/mol. The number of hydrogen-bond acceptors (Lipinski definition) is 7. The lowest BCUT2D eigenvalue weighted by atomic mass is 9.93. The van der Waals surface area contributed by atoms with Gasteiger partial charge in [-0.2, -0.15) is 0 Å². The van der Waals surface area contributed by atoms with Crippen molar-refractivity contribution in [2.24, 2.45) is 7.05 Å². The molecule has 0 saturated carbocycles. The average Bonchev–Trinajstić information content (AvgIpc) is 3.56. The number of rotatable bonds is 12. The summed E-state index contributed by atoms with van der Waals surface area (Å²) in [5.74, 6) is 0.737. The molecule has 4 aromatic rings. The summed E-state index contributed by atoms with van der Waals surface area (Å²) in [6, 6.07) is 20.7. The van der Waals surface area contributed by atoms with Crippen molar-refractivity contribution in [3.63, 3.8) is 0 Å². The van der Waals surface area contributed by atoms with E-state index in [1.807, 2.05) is 92.3 Å². The monoisotopic (exact) mass is 634 g/mol. The first-order chi connectivity index (χ1) is 21.4. The minimum Gasteiger partial charge on any atom is -0.497 e. The molecule has 0 aliphatic carbocycles. The number of carbonyl (C=O) groups is 1. The fourth-order valence-corrected chi connectivity index (χ4v) is 7.77. The molecule has 2 heterocycles. The standard InChI is InChI=1S/C35H46N4O5S/c1-6-25-23-38(4)33-29(25)19-26(20-31(33)39-16-11-17-45(39,42)43)34(41)37-30(18-24-12-8-7-9-13-24)32(40)22-36-35(2,3)27-14-10-15-28(21-27)44-5/h7-10,12-15,19-21,23,30,32,36,40,42-43H,6,11,16-18,22H2,1-5H3,(H,37,41)/t30-,32-/m0/s1. The van der Waals surface area contributed by atoms with Crippen LogP contribution in [0.1, 0.15) is 54.2 Å². The lowest BCUT2D eigenvalue weighted by molar-refractivity contribution is 0.0814. The number of nitrogens with one attached hydrogen (secondary N) is 2. The number of carbonyl (C=O) groups excluding carboxylic acids is 1. The maximum absolute atomic E-state index is 14.0. The van der Waals surface area contributed by atoms with E-state index in [2.05, 4.69) is 17.6 Å². The van der Waals surface area contributed by atoms with Crippen molar-refractivity contribution in [3.05, 3.63) is 95.2 Å². The van der Waals surface area contributed by atoms with E-state index in [4.69, 9.17) is 4.74 Å². The van der Waals surface area contributed by atoms with Crippen molar-refractivity contribution in [2.45, 2.75) is 57.7 Å². The molecule has 0 radical (unpaired) electrons. The van der Waals surface area contributed by atoms with Crippen LogP contribution in [0.2, 0.25) is 0 Å². The van der Waals surface area contributed by atoms with E-state index < -0.39 is 28.5 Å². The van der Waals surface area contributed by atoms with Crippen LogP contribution in [0.3, 0.4) is 0 Å². The number of aryl methyl sites for hydroxylation is 2. The maximum Gasteiger partial charge on any atom is 0.251 e. The second kappa shape index (κ2) is 13.4. The van der Waals surface area contributed by atoms with Crippen LogP contribution in [0.5, 0.6) is 5.75 Å². The lowest BCUT2D eigenvalue weighted by Crippen LogP contribution is -2.51. The number of ether oxygens (including phenoxy) is 1. The summed E-state index contributed by atoms with van der Waals surface area (Å²) >= 11 is 0. The van der Waals surface area contributed by atoms with E-state index >= 15 is 0 Å². The van der Waals surface area contributed by atoms with Crippen molar-refractivity contribution in [1.29, 1.82) is 0 Å². The van der Waals surface area contributed by atoms with E-state index in [-0.39, 0.29) is 12.5 Å². The Morgan fingerprint density at radius 3 is 2.51 bits per heavy atom. The van der Waals surface area contributed by atoms with E-state index in [0.717, 1.165) is 39.8 Å². The number of aromatic nitrogens is 1. The third-order valence-corrected chi connectivity index (χ3v) is 10.7. The zero-order valence-corrected chi connectivity index (χ0v) is 27.6. The van der Waals surface area contributed by atoms with Crippen LogP contribution >= 0.6 is 10.8 Å². The van der Waals surface area contributed by atoms with Gasteiger partial charge in [0.2, 0.25) is 0 Å². The predicted molar refractivity (Wildman–Crippen MR) is 183 cm³/mol. The molecule has 1 amide bonds. The quantitative estimate of drug-likeness (QED) is 0.133. The number of hydrogen-bond donors (Lipinski definition) is 5. The molecule has 0 unspecified atom stereocenters. The van der Waals surface area contributed by atoms with E-state index in [1.165, 1.54) is 0 Å². The molecule has 3 aromatic carbocycles. The minimum absolute atomic E-state index is 0.236. The first kappa shape index (κ1) is 32.8. The van der Waals surface area contributed by atoms with Gasteiger partial charge in [0.1, 0.15) is 5.75 Å². The summed E-state index contributed by atoms with van der Waals surface area (Å²) in [6.45, 7) is 6.89. The van der Waals surface area contributed by atoms with Crippen LogP contribution < -0.4 is 19.7 Å². The molecule has 1 aliphatic rings. The molecule has 1 aromatic heterocycles. The van der Waals surface area contributed by atoms with Gasteiger partial charge in [-0.1, -0.05) is 49.4 Å². The van der Waals surface area contributed by atoms with Gasteiger partial charge in [-0.25, -0.2) is 0 Å². The molecule has 1 fully saturated rings. The Labute approximate surface area is 267 Å². The fourth-order valence-electron chi connectivity index (χ4n) is 6.16. The second-order valence-electron chi connectivity index (χ2n) is 12.4. The third kappa shape index (κ3) is 7.15. The van der Waals surface area contributed by atoms with Gasteiger partial charge in [0.25, 0.3) is 5.91 Å². The van der Waals surface area contributed by atoms with Crippen LogP contribution in [-0.2, 0) is 25.4 Å². The molecule has 242 valence electrons. The van der Waals surface area contributed by atoms with Crippen LogP contribution in [0.15, 0.2) is 72.9 Å². The molecule has 2 atom stereocenters. The molecule has 5 rings (SSSR count). The maximum atomic E-state index is 14.0. The fraction of sp³-hybridized carbons (Fsp3) is 0.400. The van der Waals surface area contributed by atoms with Crippen molar-refractivity contribution in [2.75, 3.05) is 30.3 Å². The van der Waals surface area contributed by atoms with Gasteiger partial charge in [0, 0.05) is 42.8 Å². The Bertz CT molecular complexity index is 1640. The number of aliphatic hydroxyl groups is 1. The second-order valence-corrected chi connectivity index (χ2v) is 14.5. The molecule has 0 spiro atoms. The van der Waals surface area contributed by atoms with Crippen molar-refractivity contribution >= 4 is 33.3 Å². The first-order valence-corrected chi connectivity index (χ1v) is 17.2. The van der Waals surface area contributed by atoms with Gasteiger partial charge < -0.3 is 25.0 Å². The summed E-state index contributed by atoms with van der Waals surface area (Å²) in [6.07, 6.45) is 2.99. The van der Waals surface area contributed by atoms with Gasteiger partial charge >= 0.3 is 0 Å². The average molecular weight is 635 g/mol. The zero-order chi connectivity index (χ0) is 32.4. The molecule has 1 aliphatic heterocycles. The SMILES string of the molecule is CCc1cn(C)c2c(N3CCCS3(O)O)cc(C(=O)N[C@@H](Cc3ccccc3)[C@@H](O)CNC(C)(C)c3cccc(OC)c3)cc12. The van der Waals surface area contributed by atoms with Gasteiger partial charge in [-0.15, -0.1) is 10.8 Å². The minimum atomic E-state index is -2.98. The molecule has 1 saturated heterocycles. The Morgan fingerprint density at radius 2 is 1.84 bits per heavy atom. The van der Waals surface area contributed by atoms with Crippen LogP contribution in [0.4, 0.5) is 5.69 Å². The number of nitrogens with zero attached hydrogens (tertiary/aromatic N) is 2. The number of benzene rings is 3. The highest BCUT2D eigenvalue weighted by molar-refractivity contribution is 8.25. The Kier molecular flexibility index (Phi) is 9.81. The number of aliphatic hydroxyl groups excluding tert-OH is 1. The van der Waals surface area contributed by atoms with Crippen molar-refractivity contribution in [3.8, 4) is 5.75 Å². The Hall–Kier alpha value is -3.54. The smallest absolute Gasteiger partial charge is 0.251 e. The molecule has 5 N–H and O–H groups in total. The molecular formula is C35H46N4O5S. The van der Waals surface area contributed by atoms with Crippen LogP contribution in [0, 0.1) is 0 Å².